The Hall–Kier alpha value is -0.780. The van der Waals surface area contributed by atoms with Crippen molar-refractivity contribution in [3.63, 3.8) is 0 Å². The van der Waals surface area contributed by atoms with Crippen molar-refractivity contribution in [2.45, 2.75) is 19.4 Å². The van der Waals surface area contributed by atoms with E-state index in [0.717, 1.165) is 12.0 Å². The van der Waals surface area contributed by atoms with E-state index in [2.05, 4.69) is 19.4 Å². The summed E-state index contributed by atoms with van der Waals surface area (Å²) in [5.41, 5.74) is 0.981. The fourth-order valence-corrected chi connectivity index (χ4v) is 2.23. The van der Waals surface area contributed by atoms with Crippen molar-refractivity contribution >= 4 is 0 Å². The van der Waals surface area contributed by atoms with Crippen molar-refractivity contribution in [1.29, 1.82) is 0 Å². The molecule has 1 N–H and O–H groups in total. The lowest BCUT2D eigenvalue weighted by Gasteiger charge is -2.38. The second-order valence-electron chi connectivity index (χ2n) is 3.98. The number of aliphatic hydroxyl groups excluding tert-OH is 1. The van der Waals surface area contributed by atoms with Gasteiger partial charge in [-0.05, 0) is 17.9 Å². The molecule has 0 radical (unpaired) electrons. The van der Waals surface area contributed by atoms with E-state index >= 15 is 0 Å². The molecule has 2 unspecified atom stereocenters. The van der Waals surface area contributed by atoms with Crippen LogP contribution >= 0.6 is 0 Å². The Kier molecular flexibility index (Phi) is 3.74. The number of hydrogen-bond acceptors (Lipinski definition) is 2. The van der Waals surface area contributed by atoms with Crippen LogP contribution in [-0.4, -0.2) is 24.9 Å². The summed E-state index contributed by atoms with van der Waals surface area (Å²) in [5, 5.41) is 9.19. The minimum Gasteiger partial charge on any atom is -0.396 e. The van der Waals surface area contributed by atoms with Crippen molar-refractivity contribution in [1.82, 2.24) is 0 Å². The number of terminal acetylenes is 1. The summed E-state index contributed by atoms with van der Waals surface area (Å²) in [7, 11) is 1.67. The van der Waals surface area contributed by atoms with Crippen LogP contribution in [0.25, 0.3) is 0 Å². The molecule has 0 heterocycles. The minimum absolute atomic E-state index is 0.0121. The lowest BCUT2D eigenvalue weighted by molar-refractivity contribution is 0.0311. The van der Waals surface area contributed by atoms with E-state index < -0.39 is 0 Å². The maximum Gasteiger partial charge on any atom is 0.0819 e. The van der Waals surface area contributed by atoms with E-state index in [9.17, 15) is 5.11 Å². The van der Waals surface area contributed by atoms with Crippen LogP contribution in [0.1, 0.15) is 13.3 Å². The Morgan fingerprint density at radius 2 is 2.36 bits per heavy atom. The second-order valence-corrected chi connectivity index (χ2v) is 3.98. The van der Waals surface area contributed by atoms with Gasteiger partial charge in [-0.15, -0.1) is 12.3 Å². The zero-order valence-electron chi connectivity index (χ0n) is 8.86. The van der Waals surface area contributed by atoms with Crippen LogP contribution in [0.5, 0.6) is 0 Å². The van der Waals surface area contributed by atoms with Gasteiger partial charge in [0.15, 0.2) is 0 Å². The normalized spacial score (nSPS) is 38.0. The minimum atomic E-state index is -0.0121. The first kappa shape index (κ1) is 11.3. The van der Waals surface area contributed by atoms with E-state index in [-0.39, 0.29) is 24.5 Å². The highest BCUT2D eigenvalue weighted by molar-refractivity contribution is 5.17. The molecule has 4 atom stereocenters. The zero-order valence-corrected chi connectivity index (χ0v) is 8.86. The standard InChI is InChI=1S/C12H18O2/c1-5-10-6-11(7-13)9(3)12(14-4)8(10)2/h1,8,10-13H,3,6-7H2,2,4H3/t8?,10?,11-,12+/m0/s1. The molecule has 1 rings (SSSR count). The van der Waals surface area contributed by atoms with Gasteiger partial charge in [0, 0.05) is 25.6 Å². The SMILES string of the molecule is C#CC1C[C@@H](CO)C(=C)[C@H](OC)C1C. The lowest BCUT2D eigenvalue weighted by atomic mass is 9.71. The molecule has 78 valence electrons. The Labute approximate surface area is 86.0 Å². The van der Waals surface area contributed by atoms with Gasteiger partial charge in [-0.1, -0.05) is 13.5 Å². The van der Waals surface area contributed by atoms with Gasteiger partial charge in [0.2, 0.25) is 0 Å². The molecule has 14 heavy (non-hydrogen) atoms. The highest BCUT2D eigenvalue weighted by atomic mass is 16.5. The van der Waals surface area contributed by atoms with Crippen LogP contribution in [0.3, 0.4) is 0 Å². The van der Waals surface area contributed by atoms with Gasteiger partial charge in [-0.3, -0.25) is 0 Å². The van der Waals surface area contributed by atoms with Gasteiger partial charge in [0.25, 0.3) is 0 Å². The summed E-state index contributed by atoms with van der Waals surface area (Å²) in [6.07, 6.45) is 6.27. The molecule has 1 aliphatic rings. The molecule has 0 spiro atoms. The van der Waals surface area contributed by atoms with Crippen molar-refractivity contribution in [3.8, 4) is 12.3 Å². The zero-order chi connectivity index (χ0) is 10.7. The van der Waals surface area contributed by atoms with Crippen LogP contribution in [0.2, 0.25) is 0 Å². The summed E-state index contributed by atoms with van der Waals surface area (Å²) in [6, 6.07) is 0. The fourth-order valence-electron chi connectivity index (χ4n) is 2.23. The summed E-state index contributed by atoms with van der Waals surface area (Å²) < 4.78 is 5.37. The smallest absolute Gasteiger partial charge is 0.0819 e. The molecule has 0 aliphatic heterocycles. The average molecular weight is 194 g/mol. The molecule has 0 aromatic rings. The Balaban J connectivity index is 2.84. The lowest BCUT2D eigenvalue weighted by Crippen LogP contribution is -2.38. The molecular weight excluding hydrogens is 176 g/mol. The third-order valence-electron chi connectivity index (χ3n) is 3.23. The largest absolute Gasteiger partial charge is 0.396 e. The fraction of sp³-hybridized carbons (Fsp3) is 0.667. The van der Waals surface area contributed by atoms with Gasteiger partial charge >= 0.3 is 0 Å². The Morgan fingerprint density at radius 1 is 1.71 bits per heavy atom. The molecule has 0 bridgehead atoms. The summed E-state index contributed by atoms with van der Waals surface area (Å²) in [4.78, 5) is 0. The van der Waals surface area contributed by atoms with Crippen LogP contribution in [0.15, 0.2) is 12.2 Å². The highest BCUT2D eigenvalue weighted by Crippen LogP contribution is 2.37. The molecule has 0 aromatic carbocycles. The first-order valence-electron chi connectivity index (χ1n) is 4.94. The maximum atomic E-state index is 9.19. The number of aliphatic hydroxyl groups is 1. The number of methoxy groups -OCH3 is 1. The molecule has 1 aliphatic carbocycles. The predicted octanol–water partition coefficient (Wildman–Crippen LogP) is 1.46. The van der Waals surface area contributed by atoms with Crippen molar-refractivity contribution in [2.24, 2.45) is 17.8 Å². The highest BCUT2D eigenvalue weighted by Gasteiger charge is 2.36. The second kappa shape index (κ2) is 4.63. The van der Waals surface area contributed by atoms with Crippen molar-refractivity contribution < 1.29 is 9.84 Å². The van der Waals surface area contributed by atoms with E-state index in [4.69, 9.17) is 11.2 Å². The quantitative estimate of drug-likeness (QED) is 0.532. The third kappa shape index (κ3) is 1.84. The molecular formula is C12H18O2. The number of hydrogen-bond donors (Lipinski definition) is 1. The topological polar surface area (TPSA) is 29.5 Å². The van der Waals surface area contributed by atoms with E-state index in [1.807, 2.05) is 0 Å². The predicted molar refractivity (Wildman–Crippen MR) is 56.6 cm³/mol. The summed E-state index contributed by atoms with van der Waals surface area (Å²) >= 11 is 0. The first-order chi connectivity index (χ1) is 6.65. The first-order valence-corrected chi connectivity index (χ1v) is 4.94. The van der Waals surface area contributed by atoms with E-state index in [1.54, 1.807) is 7.11 Å². The van der Waals surface area contributed by atoms with Gasteiger partial charge < -0.3 is 9.84 Å². The molecule has 2 heteroatoms. The summed E-state index contributed by atoms with van der Waals surface area (Å²) in [5.74, 6) is 3.34. The van der Waals surface area contributed by atoms with E-state index in [0.29, 0.717) is 5.92 Å². The van der Waals surface area contributed by atoms with Crippen LogP contribution in [0, 0.1) is 30.1 Å². The maximum absolute atomic E-state index is 9.19. The van der Waals surface area contributed by atoms with Gasteiger partial charge in [-0.25, -0.2) is 0 Å². The Morgan fingerprint density at radius 3 is 2.79 bits per heavy atom. The van der Waals surface area contributed by atoms with Crippen LogP contribution < -0.4 is 0 Å². The molecule has 1 fully saturated rings. The monoisotopic (exact) mass is 194 g/mol. The molecule has 0 saturated heterocycles. The number of rotatable bonds is 2. The van der Waals surface area contributed by atoms with Gasteiger partial charge in [0.1, 0.15) is 0 Å². The Bertz CT molecular complexity index is 252. The van der Waals surface area contributed by atoms with Crippen molar-refractivity contribution in [3.05, 3.63) is 12.2 Å². The van der Waals surface area contributed by atoms with Crippen molar-refractivity contribution in [2.75, 3.05) is 13.7 Å². The van der Waals surface area contributed by atoms with Gasteiger partial charge in [0.05, 0.1) is 6.10 Å². The third-order valence-corrected chi connectivity index (χ3v) is 3.23. The van der Waals surface area contributed by atoms with Crippen LogP contribution in [0.4, 0.5) is 0 Å². The molecule has 2 nitrogen and oxygen atoms in total. The molecule has 0 amide bonds. The van der Waals surface area contributed by atoms with Crippen LogP contribution in [-0.2, 0) is 4.74 Å². The average Bonchev–Trinajstić information content (AvgIpc) is 2.19. The summed E-state index contributed by atoms with van der Waals surface area (Å²) in [6.45, 7) is 6.18. The molecule has 0 aromatic heterocycles. The van der Waals surface area contributed by atoms with E-state index in [1.165, 1.54) is 0 Å². The van der Waals surface area contributed by atoms with Gasteiger partial charge in [-0.2, -0.15) is 0 Å². The number of ether oxygens (including phenoxy) is 1. The molecule has 1 saturated carbocycles.